The molecule has 1 aliphatic rings. The van der Waals surface area contributed by atoms with Crippen LogP contribution in [0, 0.1) is 12.8 Å². The average molecular weight is 190 g/mol. The van der Waals surface area contributed by atoms with Crippen molar-refractivity contribution >= 4 is 5.69 Å². The van der Waals surface area contributed by atoms with E-state index in [4.69, 9.17) is 0 Å². The predicted molar refractivity (Wildman–Crippen MR) is 59.4 cm³/mol. The van der Waals surface area contributed by atoms with E-state index < -0.39 is 0 Å². The third kappa shape index (κ3) is 1.89. The summed E-state index contributed by atoms with van der Waals surface area (Å²) in [7, 11) is 0. The van der Waals surface area contributed by atoms with Crippen LogP contribution in [0.4, 0.5) is 5.69 Å². The number of nitrogens with one attached hydrogen (secondary N) is 1. The van der Waals surface area contributed by atoms with E-state index in [2.05, 4.69) is 30.2 Å². The molecule has 0 saturated heterocycles. The Balaban J connectivity index is 2.07. The van der Waals surface area contributed by atoms with Gasteiger partial charge >= 0.3 is 0 Å². The third-order valence-electron chi connectivity index (χ3n) is 3.22. The molecule has 1 aromatic heterocycles. The maximum absolute atomic E-state index is 4.10. The number of rotatable bonds is 2. The first-order valence-electron chi connectivity index (χ1n) is 5.44. The predicted octanol–water partition coefficient (Wildman–Crippen LogP) is 2.99. The Kier molecular flexibility index (Phi) is 2.71. The van der Waals surface area contributed by atoms with Gasteiger partial charge in [0.15, 0.2) is 0 Å². The second-order valence-electron chi connectivity index (χ2n) is 4.35. The van der Waals surface area contributed by atoms with Gasteiger partial charge in [0.2, 0.25) is 0 Å². The van der Waals surface area contributed by atoms with E-state index in [-0.39, 0.29) is 0 Å². The van der Waals surface area contributed by atoms with Crippen LogP contribution in [0.15, 0.2) is 18.5 Å². The number of hydrogen-bond donors (Lipinski definition) is 1. The fraction of sp³-hybridized carbons (Fsp3) is 0.583. The maximum atomic E-state index is 4.10. The number of anilines is 1. The third-order valence-corrected chi connectivity index (χ3v) is 3.22. The Morgan fingerprint density at radius 3 is 2.93 bits per heavy atom. The second kappa shape index (κ2) is 3.99. The van der Waals surface area contributed by atoms with E-state index in [0.717, 1.165) is 5.92 Å². The summed E-state index contributed by atoms with van der Waals surface area (Å²) in [5.74, 6) is 0.808. The molecule has 1 N–H and O–H groups in total. The highest BCUT2D eigenvalue weighted by atomic mass is 14.9. The highest BCUT2D eigenvalue weighted by Crippen LogP contribution is 2.28. The Morgan fingerprint density at radius 2 is 2.29 bits per heavy atom. The first-order chi connectivity index (χ1) is 6.77. The molecule has 0 aliphatic heterocycles. The molecule has 0 aromatic carbocycles. The van der Waals surface area contributed by atoms with Crippen LogP contribution in [0.25, 0.3) is 0 Å². The summed E-state index contributed by atoms with van der Waals surface area (Å²) in [6.07, 6.45) is 7.81. The number of aromatic nitrogens is 1. The lowest BCUT2D eigenvalue weighted by molar-refractivity contribution is 0.556. The zero-order valence-electron chi connectivity index (χ0n) is 8.96. The van der Waals surface area contributed by atoms with Gasteiger partial charge in [-0.2, -0.15) is 0 Å². The van der Waals surface area contributed by atoms with Gasteiger partial charge in [-0.15, -0.1) is 0 Å². The molecule has 76 valence electrons. The van der Waals surface area contributed by atoms with Crippen molar-refractivity contribution in [2.24, 2.45) is 5.92 Å². The Labute approximate surface area is 85.7 Å². The molecule has 0 radical (unpaired) electrons. The van der Waals surface area contributed by atoms with Crippen molar-refractivity contribution < 1.29 is 0 Å². The van der Waals surface area contributed by atoms with Crippen molar-refractivity contribution in [3.8, 4) is 0 Å². The summed E-state index contributed by atoms with van der Waals surface area (Å²) in [6.45, 7) is 4.44. The normalized spacial score (nSPS) is 26.4. The second-order valence-corrected chi connectivity index (χ2v) is 4.35. The molecule has 0 bridgehead atoms. The SMILES string of the molecule is Cc1cnccc1NC1CCCC1C. The van der Waals surface area contributed by atoms with E-state index in [1.54, 1.807) is 0 Å². The monoisotopic (exact) mass is 190 g/mol. The highest BCUT2D eigenvalue weighted by Gasteiger charge is 2.23. The summed E-state index contributed by atoms with van der Waals surface area (Å²) in [6, 6.07) is 2.73. The Morgan fingerprint density at radius 1 is 1.43 bits per heavy atom. The van der Waals surface area contributed by atoms with Crippen LogP contribution < -0.4 is 5.32 Å². The zero-order chi connectivity index (χ0) is 9.97. The lowest BCUT2D eigenvalue weighted by Crippen LogP contribution is -2.22. The summed E-state index contributed by atoms with van der Waals surface area (Å²) in [5.41, 5.74) is 2.49. The van der Waals surface area contributed by atoms with Crippen molar-refractivity contribution in [1.29, 1.82) is 0 Å². The van der Waals surface area contributed by atoms with Crippen LogP contribution in [0.5, 0.6) is 0 Å². The molecule has 2 nitrogen and oxygen atoms in total. The molecular formula is C12H18N2. The molecule has 2 atom stereocenters. The van der Waals surface area contributed by atoms with Crippen LogP contribution in [0.1, 0.15) is 31.7 Å². The maximum Gasteiger partial charge on any atom is 0.0403 e. The molecule has 2 rings (SSSR count). The van der Waals surface area contributed by atoms with Gasteiger partial charge in [0.25, 0.3) is 0 Å². The summed E-state index contributed by atoms with van der Waals surface area (Å²) >= 11 is 0. The molecule has 1 fully saturated rings. The fourth-order valence-electron chi connectivity index (χ4n) is 2.19. The van der Waals surface area contributed by atoms with E-state index in [1.165, 1.54) is 30.5 Å². The highest BCUT2D eigenvalue weighted by molar-refractivity contribution is 5.49. The van der Waals surface area contributed by atoms with E-state index >= 15 is 0 Å². The molecule has 2 heteroatoms. The minimum atomic E-state index is 0.663. The van der Waals surface area contributed by atoms with Gasteiger partial charge in [0.05, 0.1) is 0 Å². The van der Waals surface area contributed by atoms with Gasteiger partial charge in [0, 0.05) is 24.1 Å². The smallest absolute Gasteiger partial charge is 0.0403 e. The molecule has 1 aliphatic carbocycles. The zero-order valence-corrected chi connectivity index (χ0v) is 8.96. The van der Waals surface area contributed by atoms with Crippen LogP contribution in [-0.2, 0) is 0 Å². The molecule has 0 spiro atoms. The van der Waals surface area contributed by atoms with Crippen molar-refractivity contribution in [3.63, 3.8) is 0 Å². The van der Waals surface area contributed by atoms with Crippen LogP contribution in [-0.4, -0.2) is 11.0 Å². The van der Waals surface area contributed by atoms with E-state index in [0.29, 0.717) is 6.04 Å². The lowest BCUT2D eigenvalue weighted by Gasteiger charge is -2.19. The van der Waals surface area contributed by atoms with Crippen LogP contribution in [0.3, 0.4) is 0 Å². The van der Waals surface area contributed by atoms with Crippen molar-refractivity contribution in [3.05, 3.63) is 24.0 Å². The topological polar surface area (TPSA) is 24.9 Å². The number of nitrogens with zero attached hydrogens (tertiary/aromatic N) is 1. The Hall–Kier alpha value is -1.05. The van der Waals surface area contributed by atoms with Gasteiger partial charge in [-0.25, -0.2) is 0 Å². The molecule has 0 amide bonds. The molecule has 2 unspecified atom stereocenters. The fourth-order valence-corrected chi connectivity index (χ4v) is 2.19. The summed E-state index contributed by atoms with van der Waals surface area (Å²) < 4.78 is 0. The van der Waals surface area contributed by atoms with E-state index in [9.17, 15) is 0 Å². The first kappa shape index (κ1) is 9.50. The number of hydrogen-bond acceptors (Lipinski definition) is 2. The average Bonchev–Trinajstić information content (AvgIpc) is 2.56. The van der Waals surface area contributed by atoms with Gasteiger partial charge in [-0.1, -0.05) is 13.3 Å². The van der Waals surface area contributed by atoms with Crippen LogP contribution in [0.2, 0.25) is 0 Å². The minimum absolute atomic E-state index is 0.663. The summed E-state index contributed by atoms with van der Waals surface area (Å²) in [5, 5.41) is 3.62. The minimum Gasteiger partial charge on any atom is -0.382 e. The first-order valence-corrected chi connectivity index (χ1v) is 5.44. The van der Waals surface area contributed by atoms with Crippen molar-refractivity contribution in [2.45, 2.75) is 39.2 Å². The van der Waals surface area contributed by atoms with Gasteiger partial charge in [0.1, 0.15) is 0 Å². The standard InChI is InChI=1S/C12H18N2/c1-9-4-3-5-11(9)14-12-6-7-13-8-10(12)2/h6-9,11H,3-5H2,1-2H3,(H,13,14). The lowest BCUT2D eigenvalue weighted by atomic mass is 10.1. The van der Waals surface area contributed by atoms with Crippen LogP contribution >= 0.6 is 0 Å². The number of pyridine rings is 1. The molecule has 14 heavy (non-hydrogen) atoms. The largest absolute Gasteiger partial charge is 0.382 e. The quantitative estimate of drug-likeness (QED) is 0.775. The van der Waals surface area contributed by atoms with Gasteiger partial charge in [-0.05, 0) is 37.3 Å². The van der Waals surface area contributed by atoms with Gasteiger partial charge in [-0.3, -0.25) is 4.98 Å². The summed E-state index contributed by atoms with van der Waals surface area (Å²) in [4.78, 5) is 4.10. The van der Waals surface area contributed by atoms with Crippen molar-refractivity contribution in [1.82, 2.24) is 4.98 Å². The molecule has 1 heterocycles. The molecular weight excluding hydrogens is 172 g/mol. The Bertz CT molecular complexity index is 309. The van der Waals surface area contributed by atoms with Gasteiger partial charge < -0.3 is 5.32 Å². The molecule has 1 aromatic rings. The molecule has 1 saturated carbocycles. The van der Waals surface area contributed by atoms with E-state index in [1.807, 2.05) is 12.4 Å². The number of aryl methyl sites for hydroxylation is 1. The van der Waals surface area contributed by atoms with Crippen molar-refractivity contribution in [2.75, 3.05) is 5.32 Å².